The van der Waals surface area contributed by atoms with E-state index < -0.39 is 85.0 Å². The van der Waals surface area contributed by atoms with Crippen molar-refractivity contribution in [2.75, 3.05) is 36.1 Å². The van der Waals surface area contributed by atoms with Gasteiger partial charge >= 0.3 is 25.1 Å². The molecule has 2 aromatic carbocycles. The number of rotatable bonds is 8. The van der Waals surface area contributed by atoms with Crippen LogP contribution < -0.4 is 19.3 Å². The van der Waals surface area contributed by atoms with Gasteiger partial charge in [-0.15, -0.1) is 26.3 Å². The Kier molecular flexibility index (Phi) is 13.1. The summed E-state index contributed by atoms with van der Waals surface area (Å²) in [5.41, 5.74) is -1.20. The third-order valence-corrected chi connectivity index (χ3v) is 10.6. The van der Waals surface area contributed by atoms with Gasteiger partial charge in [-0.3, -0.25) is 9.59 Å². The van der Waals surface area contributed by atoms with Crippen LogP contribution in [0.5, 0.6) is 11.5 Å². The van der Waals surface area contributed by atoms with Gasteiger partial charge in [0.2, 0.25) is 11.8 Å². The Labute approximate surface area is 322 Å². The van der Waals surface area contributed by atoms with Crippen molar-refractivity contribution in [3.05, 3.63) is 48.5 Å². The molecule has 2 spiro atoms. The number of carbonyl (C=O) groups excluding carboxylic acids is 2. The Bertz CT molecular complexity index is 1600. The highest BCUT2D eigenvalue weighted by Gasteiger charge is 2.54. The van der Waals surface area contributed by atoms with Gasteiger partial charge in [0.25, 0.3) is 0 Å². The summed E-state index contributed by atoms with van der Waals surface area (Å²) in [5.74, 6) is -1.53. The minimum Gasteiger partial charge on any atom is -0.406 e. The van der Waals surface area contributed by atoms with Gasteiger partial charge in [0.15, 0.2) is 0 Å². The number of anilines is 2. The molecule has 2 heterocycles. The van der Waals surface area contributed by atoms with Gasteiger partial charge in [0.05, 0.1) is 35.2 Å². The standard InChI is InChI=1S/2C18H19F6NO4/c2*19-17(20,21)10-28-14-9-16(6-5-13(14)26)7-8-25(15(16)27)11-1-3-12(4-2-11)29-18(22,23)24/h2*1-4,13-14,26H,5-10H2/t2*13-,14-,16-/m10/s1. The quantitative estimate of drug-likeness (QED) is 0.261. The Morgan fingerprint density at radius 1 is 0.552 bits per heavy atom. The largest absolute Gasteiger partial charge is 0.573 e. The Morgan fingerprint density at radius 2 is 0.879 bits per heavy atom. The minimum atomic E-state index is -4.83. The van der Waals surface area contributed by atoms with Crippen molar-refractivity contribution in [2.24, 2.45) is 10.8 Å². The number of aliphatic hydroxyl groups is 2. The molecule has 2 saturated heterocycles. The summed E-state index contributed by atoms with van der Waals surface area (Å²) in [4.78, 5) is 28.8. The van der Waals surface area contributed by atoms with Crippen LogP contribution in [-0.4, -0.2) is 97.8 Å². The first-order valence-electron chi connectivity index (χ1n) is 17.9. The Hall–Kier alpha value is -4.02. The van der Waals surface area contributed by atoms with Crippen LogP contribution in [-0.2, 0) is 19.1 Å². The molecule has 0 radical (unpaired) electrons. The van der Waals surface area contributed by atoms with Gasteiger partial charge in [-0.2, -0.15) is 26.3 Å². The van der Waals surface area contributed by atoms with Crippen LogP contribution in [0.2, 0.25) is 0 Å². The summed E-state index contributed by atoms with van der Waals surface area (Å²) in [6, 6.07) is 9.59. The molecular formula is C36H38F12N2O8. The molecule has 4 aliphatic rings. The molecule has 0 unspecified atom stereocenters. The third kappa shape index (κ3) is 11.6. The Balaban J connectivity index is 0.000000221. The van der Waals surface area contributed by atoms with Gasteiger partial charge in [-0.1, -0.05) is 0 Å². The molecule has 2 N–H and O–H groups in total. The number of ether oxygens (including phenoxy) is 4. The van der Waals surface area contributed by atoms with E-state index in [9.17, 15) is 72.5 Å². The average molecular weight is 855 g/mol. The van der Waals surface area contributed by atoms with E-state index in [2.05, 4.69) is 9.47 Å². The summed E-state index contributed by atoms with van der Waals surface area (Å²) in [5, 5.41) is 20.0. The van der Waals surface area contributed by atoms with Crippen LogP contribution >= 0.6 is 0 Å². The van der Waals surface area contributed by atoms with Crippen molar-refractivity contribution in [3.8, 4) is 11.5 Å². The molecule has 2 amide bonds. The zero-order valence-electron chi connectivity index (χ0n) is 30.2. The maximum Gasteiger partial charge on any atom is 0.573 e. The predicted molar refractivity (Wildman–Crippen MR) is 176 cm³/mol. The molecule has 22 heteroatoms. The second-order valence-corrected chi connectivity index (χ2v) is 14.6. The number of aliphatic hydroxyl groups excluding tert-OH is 2. The van der Waals surface area contributed by atoms with Gasteiger partial charge in [0.1, 0.15) is 24.7 Å². The monoisotopic (exact) mass is 854 g/mol. The number of benzene rings is 2. The SMILES string of the molecule is O=C1N(c2ccc(OC(F)(F)F)cc2)CC[C@@]12CC[C@@H](O)[C@H](OCC(F)(F)F)C2.O=C1N(c2ccc(OC(F)(F)F)cc2)CC[C@]12CC[C@H](O)[C@@H](OCC(F)(F)F)C2. The summed E-state index contributed by atoms with van der Waals surface area (Å²) in [7, 11) is 0. The molecule has 10 nitrogen and oxygen atoms in total. The first-order chi connectivity index (χ1) is 26.8. The lowest BCUT2D eigenvalue weighted by Crippen LogP contribution is -2.46. The fourth-order valence-electron chi connectivity index (χ4n) is 7.84. The van der Waals surface area contributed by atoms with Crippen LogP contribution in [0.4, 0.5) is 64.1 Å². The van der Waals surface area contributed by atoms with Crippen molar-refractivity contribution >= 4 is 23.2 Å². The molecule has 6 rings (SSSR count). The highest BCUT2D eigenvalue weighted by molar-refractivity contribution is 6.00. The van der Waals surface area contributed by atoms with Gasteiger partial charge in [-0.05, 0) is 99.9 Å². The fraction of sp³-hybridized carbons (Fsp3) is 0.611. The number of halogens is 12. The smallest absolute Gasteiger partial charge is 0.406 e. The highest BCUT2D eigenvalue weighted by Crippen LogP contribution is 2.49. The van der Waals surface area contributed by atoms with E-state index in [1.165, 1.54) is 34.1 Å². The summed E-state index contributed by atoms with van der Waals surface area (Å²) in [6.07, 6.45) is -21.7. The fourth-order valence-corrected chi connectivity index (χ4v) is 7.84. The van der Waals surface area contributed by atoms with E-state index in [1.54, 1.807) is 0 Å². The van der Waals surface area contributed by atoms with Gasteiger partial charge in [0, 0.05) is 24.5 Å². The second-order valence-electron chi connectivity index (χ2n) is 14.6. The lowest BCUT2D eigenvalue weighted by molar-refractivity contribution is -0.275. The van der Waals surface area contributed by atoms with Crippen molar-refractivity contribution in [1.29, 1.82) is 0 Å². The molecule has 2 aromatic rings. The molecule has 0 bridgehead atoms. The summed E-state index contributed by atoms with van der Waals surface area (Å²) >= 11 is 0. The second kappa shape index (κ2) is 16.9. The number of nitrogens with zero attached hydrogens (tertiary/aromatic N) is 2. The zero-order valence-corrected chi connectivity index (χ0v) is 30.2. The van der Waals surface area contributed by atoms with E-state index in [0.717, 1.165) is 24.3 Å². The van der Waals surface area contributed by atoms with E-state index >= 15 is 0 Å². The average Bonchev–Trinajstić information content (AvgIpc) is 3.59. The lowest BCUT2D eigenvalue weighted by Gasteiger charge is -2.39. The molecule has 2 saturated carbocycles. The van der Waals surface area contributed by atoms with Crippen molar-refractivity contribution in [2.45, 2.75) is 101 Å². The van der Waals surface area contributed by atoms with Crippen molar-refractivity contribution < 1.29 is 91.4 Å². The van der Waals surface area contributed by atoms with Crippen molar-refractivity contribution in [3.63, 3.8) is 0 Å². The van der Waals surface area contributed by atoms with Gasteiger partial charge in [-0.25, -0.2) is 0 Å². The van der Waals surface area contributed by atoms with Crippen LogP contribution in [0.15, 0.2) is 48.5 Å². The van der Waals surface area contributed by atoms with E-state index in [1.807, 2.05) is 0 Å². The molecule has 58 heavy (non-hydrogen) atoms. The van der Waals surface area contributed by atoms with Gasteiger partial charge < -0.3 is 39.0 Å². The number of hydrogen-bond acceptors (Lipinski definition) is 8. The summed E-state index contributed by atoms with van der Waals surface area (Å²) < 4.78 is 165. The topological polar surface area (TPSA) is 118 Å². The van der Waals surface area contributed by atoms with Crippen LogP contribution in [0.1, 0.15) is 51.4 Å². The number of carbonyl (C=O) groups is 2. The summed E-state index contributed by atoms with van der Waals surface area (Å²) in [6.45, 7) is -2.49. The first kappa shape index (κ1) is 45.1. The van der Waals surface area contributed by atoms with E-state index in [4.69, 9.17) is 9.47 Å². The minimum absolute atomic E-state index is 0.0468. The maximum absolute atomic E-state index is 13.0. The molecular weight excluding hydrogens is 816 g/mol. The van der Waals surface area contributed by atoms with E-state index in [0.29, 0.717) is 37.1 Å². The lowest BCUT2D eigenvalue weighted by atomic mass is 9.70. The highest BCUT2D eigenvalue weighted by atomic mass is 19.4. The molecule has 2 aliphatic carbocycles. The van der Waals surface area contributed by atoms with Crippen LogP contribution in [0.25, 0.3) is 0 Å². The van der Waals surface area contributed by atoms with Crippen molar-refractivity contribution in [1.82, 2.24) is 0 Å². The molecule has 0 aromatic heterocycles. The number of hydrogen-bond donors (Lipinski definition) is 2. The normalized spacial score (nSPS) is 28.2. The Morgan fingerprint density at radius 3 is 1.17 bits per heavy atom. The number of alkyl halides is 12. The molecule has 4 fully saturated rings. The van der Waals surface area contributed by atoms with Crippen LogP contribution in [0.3, 0.4) is 0 Å². The molecule has 2 aliphatic heterocycles. The predicted octanol–water partition coefficient (Wildman–Crippen LogP) is 7.60. The number of amides is 2. The van der Waals surface area contributed by atoms with Crippen LogP contribution in [0, 0.1) is 10.8 Å². The maximum atomic E-state index is 13.0. The first-order valence-corrected chi connectivity index (χ1v) is 17.9. The van der Waals surface area contributed by atoms with E-state index in [-0.39, 0.29) is 50.6 Å². The zero-order chi connectivity index (χ0) is 42.9. The molecule has 324 valence electrons. The third-order valence-electron chi connectivity index (χ3n) is 10.6. The molecule has 6 atom stereocenters.